The van der Waals surface area contributed by atoms with Crippen molar-refractivity contribution < 1.29 is 32.6 Å². The van der Waals surface area contributed by atoms with Gasteiger partial charge in [0, 0.05) is 0 Å². The average molecular weight is 249 g/mol. The smallest absolute Gasteiger partial charge is 0.303 e. The molecule has 0 amide bonds. The van der Waals surface area contributed by atoms with E-state index in [4.69, 9.17) is 20.4 Å². The number of phosphoric acid groups is 2. The van der Waals surface area contributed by atoms with Crippen molar-refractivity contribution in [2.75, 3.05) is 0 Å². The molecule has 0 heterocycles. The number of nitrogens with two attached hydrogens (primary N) is 1. The Bertz CT molecular complexity index is 283. The second-order valence-electron chi connectivity index (χ2n) is 2.80. The molecule has 0 spiro atoms. The second kappa shape index (κ2) is 4.38. The number of phosphoric ester groups is 1. The zero-order valence-corrected chi connectivity index (χ0v) is 9.44. The number of hydrogen-bond acceptors (Lipinski definition) is 5. The van der Waals surface area contributed by atoms with Crippen molar-refractivity contribution in [3.8, 4) is 0 Å². The first kappa shape index (κ1) is 14.2. The second-order valence-corrected chi connectivity index (χ2v) is 5.55. The molecule has 0 fully saturated rings. The van der Waals surface area contributed by atoms with Crippen LogP contribution in [-0.2, 0) is 18.0 Å². The topological polar surface area (TPSA) is 139 Å². The van der Waals surface area contributed by atoms with E-state index in [1.54, 1.807) is 6.92 Å². The van der Waals surface area contributed by atoms with Gasteiger partial charge in [-0.1, -0.05) is 6.92 Å². The van der Waals surface area contributed by atoms with Gasteiger partial charge in [0.2, 0.25) is 0 Å². The molecule has 5 N–H and O–H groups in total. The van der Waals surface area contributed by atoms with Gasteiger partial charge in [0.05, 0.1) is 0 Å². The third kappa shape index (κ3) is 6.64. The zero-order valence-electron chi connectivity index (χ0n) is 7.65. The number of rotatable bonds is 5. The van der Waals surface area contributed by atoms with Crippen LogP contribution in [0.15, 0.2) is 0 Å². The van der Waals surface area contributed by atoms with E-state index in [0.717, 1.165) is 0 Å². The van der Waals surface area contributed by atoms with Gasteiger partial charge in [-0.15, -0.1) is 0 Å². The third-order valence-corrected chi connectivity index (χ3v) is 3.56. The van der Waals surface area contributed by atoms with Crippen molar-refractivity contribution in [3.05, 3.63) is 0 Å². The summed E-state index contributed by atoms with van der Waals surface area (Å²) in [6.45, 7) is 2.84. The first-order chi connectivity index (χ1) is 5.97. The predicted molar refractivity (Wildman–Crippen MR) is 46.9 cm³/mol. The molecular formula is C4H13NO7P2. The van der Waals surface area contributed by atoms with Crippen LogP contribution in [0.4, 0.5) is 0 Å². The van der Waals surface area contributed by atoms with Gasteiger partial charge in [-0.3, -0.25) is 4.52 Å². The summed E-state index contributed by atoms with van der Waals surface area (Å²) < 4.78 is 29.0. The molecule has 0 radical (unpaired) electrons. The van der Waals surface area contributed by atoms with Crippen molar-refractivity contribution in [3.63, 3.8) is 0 Å². The lowest BCUT2D eigenvalue weighted by Gasteiger charge is -2.25. The normalized spacial score (nSPS) is 21.3. The fraction of sp³-hybridized carbons (Fsp3) is 1.00. The van der Waals surface area contributed by atoms with Gasteiger partial charge in [0.1, 0.15) is 5.72 Å². The highest BCUT2D eigenvalue weighted by Gasteiger charge is 2.37. The molecule has 0 aliphatic carbocycles. The van der Waals surface area contributed by atoms with Crippen LogP contribution in [0.5, 0.6) is 0 Å². The molecule has 0 rings (SSSR count). The predicted octanol–water partition coefficient (Wildman–Crippen LogP) is 0.298. The van der Waals surface area contributed by atoms with E-state index in [-0.39, 0.29) is 6.42 Å². The Hall–Kier alpha value is 0.220. The van der Waals surface area contributed by atoms with Crippen LogP contribution in [0.2, 0.25) is 0 Å². The molecule has 2 unspecified atom stereocenters. The first-order valence-corrected chi connectivity index (χ1v) is 6.59. The molecule has 10 heteroatoms. The molecule has 8 nitrogen and oxygen atoms in total. The monoisotopic (exact) mass is 249 g/mol. The van der Waals surface area contributed by atoms with E-state index in [0.29, 0.717) is 0 Å². The highest BCUT2D eigenvalue weighted by molar-refractivity contribution is 7.60. The minimum Gasteiger partial charge on any atom is -0.303 e. The van der Waals surface area contributed by atoms with E-state index in [2.05, 4.69) is 8.83 Å². The quantitative estimate of drug-likeness (QED) is 0.402. The van der Waals surface area contributed by atoms with Gasteiger partial charge in [-0.25, -0.2) is 9.13 Å². The summed E-state index contributed by atoms with van der Waals surface area (Å²) in [7, 11) is -9.92. The van der Waals surface area contributed by atoms with Crippen molar-refractivity contribution >= 4 is 15.6 Å². The Morgan fingerprint density at radius 1 is 1.36 bits per heavy atom. The maximum absolute atomic E-state index is 10.9. The maximum Gasteiger partial charge on any atom is 0.482 e. The summed E-state index contributed by atoms with van der Waals surface area (Å²) in [6.07, 6.45) is 0.169. The minimum absolute atomic E-state index is 0.169. The van der Waals surface area contributed by atoms with Crippen LogP contribution in [0, 0.1) is 0 Å². The summed E-state index contributed by atoms with van der Waals surface area (Å²) in [5, 5.41) is 0. The zero-order chi connectivity index (χ0) is 11.6. The van der Waals surface area contributed by atoms with E-state index >= 15 is 0 Å². The van der Waals surface area contributed by atoms with Gasteiger partial charge in [0.25, 0.3) is 0 Å². The summed E-state index contributed by atoms with van der Waals surface area (Å²) in [4.78, 5) is 25.4. The largest absolute Gasteiger partial charge is 0.482 e. The summed E-state index contributed by atoms with van der Waals surface area (Å²) in [6, 6.07) is 0. The maximum atomic E-state index is 10.9. The fourth-order valence-electron chi connectivity index (χ4n) is 0.479. The Balaban J connectivity index is 4.51. The Labute approximate surface area is 80.9 Å². The molecule has 0 aromatic carbocycles. The van der Waals surface area contributed by atoms with Gasteiger partial charge < -0.3 is 20.4 Å². The molecule has 0 saturated carbocycles. The van der Waals surface area contributed by atoms with Gasteiger partial charge >= 0.3 is 15.6 Å². The van der Waals surface area contributed by atoms with Crippen molar-refractivity contribution in [2.45, 2.75) is 26.0 Å². The van der Waals surface area contributed by atoms with Crippen LogP contribution >= 0.6 is 15.6 Å². The summed E-state index contributed by atoms with van der Waals surface area (Å²) >= 11 is 0. The van der Waals surface area contributed by atoms with Crippen molar-refractivity contribution in [2.24, 2.45) is 5.73 Å². The van der Waals surface area contributed by atoms with E-state index in [9.17, 15) is 9.13 Å². The Morgan fingerprint density at radius 3 is 2.07 bits per heavy atom. The lowest BCUT2D eigenvalue weighted by molar-refractivity contribution is 0.0508. The van der Waals surface area contributed by atoms with Gasteiger partial charge in [-0.05, 0) is 13.3 Å². The molecule has 2 atom stereocenters. The lowest BCUT2D eigenvalue weighted by Crippen LogP contribution is -2.37. The standard InChI is InChI=1S/C4H13NO7P2/c1-3-4(2,5)11-14(9,10)12-13(6,7)8/h3,5H2,1-2H3,(H,9,10)(H2,6,7,8). The number of hydrogen-bond donors (Lipinski definition) is 4. The van der Waals surface area contributed by atoms with E-state index in [1.807, 2.05) is 0 Å². The fourth-order valence-corrected chi connectivity index (χ4v) is 2.34. The highest BCUT2D eigenvalue weighted by Crippen LogP contribution is 2.58. The van der Waals surface area contributed by atoms with Crippen molar-refractivity contribution in [1.82, 2.24) is 0 Å². The average Bonchev–Trinajstić information content (AvgIpc) is 1.78. The minimum atomic E-state index is -5.08. The van der Waals surface area contributed by atoms with Crippen LogP contribution in [0.1, 0.15) is 20.3 Å². The molecule has 0 bridgehead atoms. The van der Waals surface area contributed by atoms with Crippen LogP contribution in [0.3, 0.4) is 0 Å². The summed E-state index contributed by atoms with van der Waals surface area (Å²) in [5.41, 5.74) is 3.85. The Morgan fingerprint density at radius 2 is 1.79 bits per heavy atom. The van der Waals surface area contributed by atoms with Crippen LogP contribution in [-0.4, -0.2) is 20.4 Å². The van der Waals surface area contributed by atoms with Gasteiger partial charge in [0.15, 0.2) is 0 Å². The van der Waals surface area contributed by atoms with E-state index < -0.39 is 21.4 Å². The lowest BCUT2D eigenvalue weighted by atomic mass is 10.2. The molecule has 0 aromatic heterocycles. The molecule has 0 saturated heterocycles. The van der Waals surface area contributed by atoms with Gasteiger partial charge in [-0.2, -0.15) is 4.31 Å². The molecule has 86 valence electrons. The van der Waals surface area contributed by atoms with E-state index in [1.165, 1.54) is 6.92 Å². The Kier molecular flexibility index (Phi) is 4.45. The highest BCUT2D eigenvalue weighted by atomic mass is 31.3. The SMILES string of the molecule is CCC(C)(N)OP(=O)(O)OP(=O)(O)O. The molecule has 0 aliphatic rings. The van der Waals surface area contributed by atoms with Crippen molar-refractivity contribution in [1.29, 1.82) is 0 Å². The van der Waals surface area contributed by atoms with Crippen LogP contribution in [0.25, 0.3) is 0 Å². The van der Waals surface area contributed by atoms with Crippen LogP contribution < -0.4 is 5.73 Å². The molecular weight excluding hydrogens is 236 g/mol. The molecule has 0 aromatic rings. The molecule has 0 aliphatic heterocycles. The third-order valence-electron chi connectivity index (χ3n) is 1.24. The first-order valence-electron chi connectivity index (χ1n) is 3.57. The summed E-state index contributed by atoms with van der Waals surface area (Å²) in [5.74, 6) is 0. The molecule has 14 heavy (non-hydrogen) atoms.